The van der Waals surface area contributed by atoms with Crippen LogP contribution in [0.5, 0.6) is 0 Å². The van der Waals surface area contributed by atoms with E-state index in [9.17, 15) is 9.90 Å². The average molecular weight is 212 g/mol. The van der Waals surface area contributed by atoms with Crippen molar-refractivity contribution >= 4 is 5.97 Å². The summed E-state index contributed by atoms with van der Waals surface area (Å²) >= 11 is 0. The van der Waals surface area contributed by atoms with Crippen molar-refractivity contribution in [3.05, 3.63) is 0 Å². The second-order valence-electron chi connectivity index (χ2n) is 4.53. The van der Waals surface area contributed by atoms with Crippen molar-refractivity contribution in [3.8, 4) is 0 Å². The molecule has 0 aromatic rings. The molecule has 2 heterocycles. The molecule has 2 aliphatic rings. The van der Waals surface area contributed by atoms with Gasteiger partial charge in [0.25, 0.3) is 0 Å². The molecule has 3 unspecified atom stereocenters. The highest BCUT2D eigenvalue weighted by atomic mass is 16.6. The van der Waals surface area contributed by atoms with Gasteiger partial charge < -0.3 is 9.84 Å². The Bertz CT molecular complexity index is 256. The summed E-state index contributed by atoms with van der Waals surface area (Å²) in [5.41, 5.74) is 0. The largest absolute Gasteiger partial charge is 0.852 e. The van der Waals surface area contributed by atoms with Crippen LogP contribution in [0.25, 0.3) is 0 Å². The highest BCUT2D eigenvalue weighted by Gasteiger charge is 2.46. The van der Waals surface area contributed by atoms with Gasteiger partial charge in [0.05, 0.1) is 0 Å². The fourth-order valence-corrected chi connectivity index (χ4v) is 2.58. The fraction of sp³-hybridized carbons (Fsp3) is 0.909. The molecule has 15 heavy (non-hydrogen) atoms. The van der Waals surface area contributed by atoms with Gasteiger partial charge in [-0.05, 0) is 18.8 Å². The molecule has 0 aromatic heterocycles. The number of rotatable bonds is 3. The van der Waals surface area contributed by atoms with E-state index in [1.165, 1.54) is 0 Å². The number of fused-ring (bicyclic) bond motifs is 1. The first-order valence-electron chi connectivity index (χ1n) is 5.77. The van der Waals surface area contributed by atoms with Crippen molar-refractivity contribution in [3.63, 3.8) is 0 Å². The Morgan fingerprint density at radius 3 is 3.07 bits per heavy atom. The highest BCUT2D eigenvalue weighted by molar-refractivity contribution is 5.78. The minimum absolute atomic E-state index is 0.0680. The average Bonchev–Trinajstić information content (AvgIpc) is 2.80. The molecule has 0 aliphatic carbocycles. The van der Waals surface area contributed by atoms with Gasteiger partial charge in [-0.3, -0.25) is 9.69 Å². The molecule has 2 aliphatic heterocycles. The Morgan fingerprint density at radius 2 is 2.40 bits per heavy atom. The van der Waals surface area contributed by atoms with Crippen LogP contribution < -0.4 is 5.11 Å². The molecule has 4 nitrogen and oxygen atoms in total. The Hall–Kier alpha value is -0.610. The van der Waals surface area contributed by atoms with Crippen LogP contribution in [0, 0.1) is 5.92 Å². The predicted molar refractivity (Wildman–Crippen MR) is 52.9 cm³/mol. The maximum Gasteiger partial charge on any atom is 0.325 e. The number of carbonyl (C=O) groups excluding carboxylic acids is 1. The third kappa shape index (κ3) is 1.76. The lowest BCUT2D eigenvalue weighted by atomic mass is 10.00. The Balaban J connectivity index is 2.07. The Morgan fingerprint density at radius 1 is 1.67 bits per heavy atom. The van der Waals surface area contributed by atoms with Crippen molar-refractivity contribution < 1.29 is 14.6 Å². The molecule has 0 N–H and O–H groups in total. The normalized spacial score (nSPS) is 35.0. The highest BCUT2D eigenvalue weighted by Crippen LogP contribution is 2.32. The number of nitrogens with zero attached hydrogens (tertiary/aromatic N) is 1. The Kier molecular flexibility index (Phi) is 2.98. The van der Waals surface area contributed by atoms with Crippen molar-refractivity contribution in [2.24, 2.45) is 5.92 Å². The van der Waals surface area contributed by atoms with Crippen molar-refractivity contribution in [1.82, 2.24) is 4.90 Å². The summed E-state index contributed by atoms with van der Waals surface area (Å²) in [6, 6.07) is -0.0680. The molecule has 0 bridgehead atoms. The zero-order chi connectivity index (χ0) is 11.0. The first kappa shape index (κ1) is 10.9. The van der Waals surface area contributed by atoms with Gasteiger partial charge in [0.15, 0.2) is 6.23 Å². The molecule has 0 radical (unpaired) electrons. The van der Waals surface area contributed by atoms with Crippen LogP contribution in [0.4, 0.5) is 0 Å². The van der Waals surface area contributed by atoms with E-state index in [0.717, 1.165) is 19.4 Å². The minimum Gasteiger partial charge on any atom is -0.852 e. The van der Waals surface area contributed by atoms with Crippen LogP contribution in [-0.2, 0) is 9.53 Å². The summed E-state index contributed by atoms with van der Waals surface area (Å²) in [6.07, 6.45) is 1.61. The number of ether oxygens (including phenoxy) is 1. The second-order valence-corrected chi connectivity index (χ2v) is 4.53. The topological polar surface area (TPSA) is 52.6 Å². The number of hydrogen-bond donors (Lipinski definition) is 0. The SMILES string of the molecule is CCC([O-])C(C)C1OC(=O)[C@@H]2CCCN12. The number of carbonyl (C=O) groups is 1. The first-order valence-corrected chi connectivity index (χ1v) is 5.77. The van der Waals surface area contributed by atoms with Gasteiger partial charge in [-0.25, -0.2) is 0 Å². The molecule has 0 amide bonds. The van der Waals surface area contributed by atoms with Gasteiger partial charge in [-0.2, -0.15) is 0 Å². The number of esters is 1. The smallest absolute Gasteiger partial charge is 0.325 e. The van der Waals surface area contributed by atoms with Crippen molar-refractivity contribution in [2.45, 2.75) is 51.5 Å². The monoisotopic (exact) mass is 212 g/mol. The molecule has 0 spiro atoms. The fourth-order valence-electron chi connectivity index (χ4n) is 2.58. The lowest BCUT2D eigenvalue weighted by Gasteiger charge is -2.35. The van der Waals surface area contributed by atoms with Gasteiger partial charge in [0.1, 0.15) is 6.04 Å². The summed E-state index contributed by atoms with van der Waals surface area (Å²) in [7, 11) is 0. The molecule has 86 valence electrons. The van der Waals surface area contributed by atoms with E-state index in [4.69, 9.17) is 4.74 Å². The van der Waals surface area contributed by atoms with Crippen molar-refractivity contribution in [2.75, 3.05) is 6.54 Å². The third-order valence-corrected chi connectivity index (χ3v) is 3.57. The van der Waals surface area contributed by atoms with E-state index in [1.54, 1.807) is 0 Å². The zero-order valence-electron chi connectivity index (χ0n) is 9.31. The summed E-state index contributed by atoms with van der Waals surface area (Å²) in [5, 5.41) is 11.7. The van der Waals surface area contributed by atoms with Crippen LogP contribution in [0.1, 0.15) is 33.1 Å². The van der Waals surface area contributed by atoms with Gasteiger partial charge in [-0.15, -0.1) is 6.10 Å². The molecule has 2 fully saturated rings. The predicted octanol–water partition coefficient (Wildman–Crippen LogP) is 0.109. The summed E-state index contributed by atoms with van der Waals surface area (Å²) in [6.45, 7) is 4.66. The molecule has 0 saturated carbocycles. The van der Waals surface area contributed by atoms with Gasteiger partial charge >= 0.3 is 5.97 Å². The van der Waals surface area contributed by atoms with E-state index in [0.29, 0.717) is 6.42 Å². The first-order chi connectivity index (χ1) is 7.15. The van der Waals surface area contributed by atoms with E-state index in [1.807, 2.05) is 13.8 Å². The molecule has 2 saturated heterocycles. The van der Waals surface area contributed by atoms with Crippen LogP contribution in [0.3, 0.4) is 0 Å². The number of cyclic esters (lactones) is 1. The minimum atomic E-state index is -0.637. The maximum absolute atomic E-state index is 11.7. The summed E-state index contributed by atoms with van der Waals surface area (Å²) < 4.78 is 5.30. The second kappa shape index (κ2) is 4.10. The molecule has 2 rings (SSSR count). The summed E-state index contributed by atoms with van der Waals surface area (Å²) in [4.78, 5) is 13.6. The Labute approximate surface area is 90.2 Å². The maximum atomic E-state index is 11.7. The third-order valence-electron chi connectivity index (χ3n) is 3.57. The van der Waals surface area contributed by atoms with E-state index >= 15 is 0 Å². The van der Waals surface area contributed by atoms with Gasteiger partial charge in [0, 0.05) is 6.54 Å². The lowest BCUT2D eigenvalue weighted by molar-refractivity contribution is -0.438. The van der Waals surface area contributed by atoms with Gasteiger partial charge in [-0.1, -0.05) is 20.3 Å². The van der Waals surface area contributed by atoms with E-state index in [-0.39, 0.29) is 24.2 Å². The van der Waals surface area contributed by atoms with Crippen LogP contribution in [-0.4, -0.2) is 35.8 Å². The molecule has 4 heteroatoms. The molecule has 0 aromatic carbocycles. The van der Waals surface area contributed by atoms with E-state index < -0.39 is 6.10 Å². The molecule has 4 atom stereocenters. The van der Waals surface area contributed by atoms with E-state index in [2.05, 4.69) is 4.90 Å². The number of hydrogen-bond acceptors (Lipinski definition) is 4. The van der Waals surface area contributed by atoms with Crippen LogP contribution in [0.15, 0.2) is 0 Å². The molecular weight excluding hydrogens is 194 g/mol. The van der Waals surface area contributed by atoms with Crippen LogP contribution >= 0.6 is 0 Å². The van der Waals surface area contributed by atoms with Crippen LogP contribution in [0.2, 0.25) is 0 Å². The summed E-state index contributed by atoms with van der Waals surface area (Å²) in [5.74, 6) is -0.241. The lowest BCUT2D eigenvalue weighted by Crippen LogP contribution is -2.45. The van der Waals surface area contributed by atoms with Crippen molar-refractivity contribution in [1.29, 1.82) is 0 Å². The zero-order valence-corrected chi connectivity index (χ0v) is 9.31. The van der Waals surface area contributed by atoms with Gasteiger partial charge in [0.2, 0.25) is 0 Å². The quantitative estimate of drug-likeness (QED) is 0.623. The standard InChI is InChI=1S/C11H18NO3/c1-3-9(13)7(2)10-12-6-4-5-8(12)11(14)15-10/h7-10H,3-6H2,1-2H3/q-1/t7?,8-,9?,10?/m0/s1. The molecular formula is C11H18NO3-.